The molecule has 1 aromatic carbocycles. The molecule has 1 aliphatic heterocycles. The topological polar surface area (TPSA) is 38.8 Å². The standard InChI is InChI=1S/C13H16FNO3/c1-9(17-2)13(16)15-6-7-18-12-5-3-4-11(14)10(12)8-15/h3-5,9H,6-8H2,1-2H3. The summed E-state index contributed by atoms with van der Waals surface area (Å²) in [5.74, 6) is 0.00448. The molecule has 0 N–H and O–H groups in total. The molecule has 0 radical (unpaired) electrons. The van der Waals surface area contributed by atoms with Gasteiger partial charge in [0, 0.05) is 12.7 Å². The summed E-state index contributed by atoms with van der Waals surface area (Å²) >= 11 is 0. The van der Waals surface area contributed by atoms with Crippen LogP contribution in [0.3, 0.4) is 0 Å². The minimum atomic E-state index is -0.529. The van der Waals surface area contributed by atoms with Crippen molar-refractivity contribution in [3.63, 3.8) is 0 Å². The fourth-order valence-corrected chi connectivity index (χ4v) is 1.91. The number of fused-ring (bicyclic) bond motifs is 1. The highest BCUT2D eigenvalue weighted by molar-refractivity contribution is 5.80. The Morgan fingerprint density at radius 1 is 1.56 bits per heavy atom. The molecular formula is C13H16FNO3. The highest BCUT2D eigenvalue weighted by atomic mass is 19.1. The number of methoxy groups -OCH3 is 1. The van der Waals surface area contributed by atoms with Gasteiger partial charge in [-0.2, -0.15) is 0 Å². The van der Waals surface area contributed by atoms with Crippen molar-refractivity contribution in [1.82, 2.24) is 4.90 Å². The van der Waals surface area contributed by atoms with Crippen LogP contribution in [-0.2, 0) is 16.1 Å². The fraction of sp³-hybridized carbons (Fsp3) is 0.462. The molecule has 1 heterocycles. The maximum atomic E-state index is 13.7. The summed E-state index contributed by atoms with van der Waals surface area (Å²) in [5.41, 5.74) is 0.423. The Balaban J connectivity index is 2.23. The number of amides is 1. The highest BCUT2D eigenvalue weighted by Crippen LogP contribution is 2.25. The van der Waals surface area contributed by atoms with E-state index < -0.39 is 6.10 Å². The van der Waals surface area contributed by atoms with Crippen molar-refractivity contribution < 1.29 is 18.7 Å². The van der Waals surface area contributed by atoms with Gasteiger partial charge in [0.2, 0.25) is 0 Å². The van der Waals surface area contributed by atoms with Gasteiger partial charge in [-0.15, -0.1) is 0 Å². The largest absolute Gasteiger partial charge is 0.491 e. The van der Waals surface area contributed by atoms with Crippen LogP contribution in [0.5, 0.6) is 5.75 Å². The predicted octanol–water partition coefficient (Wildman–Crippen LogP) is 1.58. The lowest BCUT2D eigenvalue weighted by Crippen LogP contribution is -2.39. The van der Waals surface area contributed by atoms with Crippen LogP contribution < -0.4 is 4.74 Å². The molecule has 1 amide bonds. The number of halogens is 1. The first kappa shape index (κ1) is 12.8. The summed E-state index contributed by atoms with van der Waals surface area (Å²) in [6, 6.07) is 4.69. The van der Waals surface area contributed by atoms with Gasteiger partial charge in [0.25, 0.3) is 5.91 Å². The van der Waals surface area contributed by atoms with Gasteiger partial charge in [-0.05, 0) is 19.1 Å². The van der Waals surface area contributed by atoms with Crippen molar-refractivity contribution in [3.8, 4) is 5.75 Å². The molecular weight excluding hydrogens is 237 g/mol. The van der Waals surface area contributed by atoms with Crippen molar-refractivity contribution in [3.05, 3.63) is 29.6 Å². The number of rotatable bonds is 2. The SMILES string of the molecule is COC(C)C(=O)N1CCOc2cccc(F)c2C1. The molecule has 1 atom stereocenters. The molecule has 18 heavy (non-hydrogen) atoms. The van der Waals surface area contributed by atoms with Gasteiger partial charge in [0.1, 0.15) is 24.3 Å². The third kappa shape index (κ3) is 2.46. The monoisotopic (exact) mass is 253 g/mol. The summed E-state index contributed by atoms with van der Waals surface area (Å²) < 4.78 is 24.2. The molecule has 4 nitrogen and oxygen atoms in total. The highest BCUT2D eigenvalue weighted by Gasteiger charge is 2.25. The average molecular weight is 253 g/mol. The lowest BCUT2D eigenvalue weighted by Gasteiger charge is -2.22. The van der Waals surface area contributed by atoms with Crippen molar-refractivity contribution in [2.24, 2.45) is 0 Å². The van der Waals surface area contributed by atoms with Crippen LogP contribution in [0.15, 0.2) is 18.2 Å². The van der Waals surface area contributed by atoms with Gasteiger partial charge in [-0.25, -0.2) is 4.39 Å². The quantitative estimate of drug-likeness (QED) is 0.803. The predicted molar refractivity (Wildman–Crippen MR) is 63.8 cm³/mol. The molecule has 2 rings (SSSR count). The lowest BCUT2D eigenvalue weighted by atomic mass is 10.1. The zero-order chi connectivity index (χ0) is 13.1. The lowest BCUT2D eigenvalue weighted by molar-refractivity contribution is -0.141. The van der Waals surface area contributed by atoms with E-state index in [2.05, 4.69) is 0 Å². The van der Waals surface area contributed by atoms with Crippen molar-refractivity contribution >= 4 is 5.91 Å². The number of carbonyl (C=O) groups excluding carboxylic acids is 1. The molecule has 1 aliphatic rings. The second-order valence-electron chi connectivity index (χ2n) is 4.20. The van der Waals surface area contributed by atoms with Crippen LogP contribution in [0.4, 0.5) is 4.39 Å². The molecule has 0 fully saturated rings. The van der Waals surface area contributed by atoms with E-state index >= 15 is 0 Å². The Kier molecular flexibility index (Phi) is 3.81. The van der Waals surface area contributed by atoms with Crippen LogP contribution in [0, 0.1) is 5.82 Å². The molecule has 98 valence electrons. The van der Waals surface area contributed by atoms with Crippen molar-refractivity contribution in [1.29, 1.82) is 0 Å². The summed E-state index contributed by atoms with van der Waals surface area (Å²) in [6.07, 6.45) is -0.529. The van der Waals surface area contributed by atoms with E-state index in [1.807, 2.05) is 0 Å². The third-order valence-corrected chi connectivity index (χ3v) is 3.06. The number of benzene rings is 1. The normalized spacial score (nSPS) is 16.5. The zero-order valence-corrected chi connectivity index (χ0v) is 10.5. The average Bonchev–Trinajstić information content (AvgIpc) is 2.60. The molecule has 0 spiro atoms. The molecule has 1 aromatic rings. The van der Waals surface area contributed by atoms with Crippen LogP contribution in [-0.4, -0.2) is 37.2 Å². The van der Waals surface area contributed by atoms with Crippen LogP contribution >= 0.6 is 0 Å². The van der Waals surface area contributed by atoms with E-state index in [1.54, 1.807) is 24.0 Å². The molecule has 0 bridgehead atoms. The van der Waals surface area contributed by atoms with E-state index in [0.29, 0.717) is 24.5 Å². The maximum Gasteiger partial charge on any atom is 0.251 e. The minimum absolute atomic E-state index is 0.155. The van der Waals surface area contributed by atoms with E-state index in [-0.39, 0.29) is 18.3 Å². The minimum Gasteiger partial charge on any atom is -0.491 e. The second kappa shape index (κ2) is 5.35. The molecule has 0 aromatic heterocycles. The van der Waals surface area contributed by atoms with E-state index in [9.17, 15) is 9.18 Å². The summed E-state index contributed by atoms with van der Waals surface area (Å²) in [4.78, 5) is 13.6. The Morgan fingerprint density at radius 2 is 2.33 bits per heavy atom. The summed E-state index contributed by atoms with van der Waals surface area (Å²) in [5, 5.41) is 0. The van der Waals surface area contributed by atoms with Crippen molar-refractivity contribution in [2.45, 2.75) is 19.6 Å². The Morgan fingerprint density at radius 3 is 3.06 bits per heavy atom. The fourth-order valence-electron chi connectivity index (χ4n) is 1.91. The molecule has 0 saturated carbocycles. The smallest absolute Gasteiger partial charge is 0.251 e. The first-order valence-electron chi connectivity index (χ1n) is 5.85. The molecule has 0 aliphatic carbocycles. The van der Waals surface area contributed by atoms with Crippen LogP contribution in [0.25, 0.3) is 0 Å². The molecule has 1 unspecified atom stereocenters. The van der Waals surface area contributed by atoms with Gasteiger partial charge in [0.05, 0.1) is 13.1 Å². The zero-order valence-electron chi connectivity index (χ0n) is 10.5. The summed E-state index contributed by atoms with van der Waals surface area (Å²) in [6.45, 7) is 2.68. The Labute approximate surface area is 105 Å². The number of carbonyl (C=O) groups is 1. The van der Waals surface area contributed by atoms with E-state index in [0.717, 1.165) is 0 Å². The Hall–Kier alpha value is -1.62. The van der Waals surface area contributed by atoms with Gasteiger partial charge in [-0.3, -0.25) is 4.79 Å². The van der Waals surface area contributed by atoms with E-state index in [4.69, 9.17) is 9.47 Å². The number of hydrogen-bond donors (Lipinski definition) is 0. The molecule has 0 saturated heterocycles. The first-order valence-corrected chi connectivity index (χ1v) is 5.85. The van der Waals surface area contributed by atoms with E-state index in [1.165, 1.54) is 13.2 Å². The second-order valence-corrected chi connectivity index (χ2v) is 4.20. The summed E-state index contributed by atoms with van der Waals surface area (Å²) in [7, 11) is 1.48. The van der Waals surface area contributed by atoms with Gasteiger partial charge in [0.15, 0.2) is 0 Å². The Bertz CT molecular complexity index is 450. The van der Waals surface area contributed by atoms with Crippen LogP contribution in [0.2, 0.25) is 0 Å². The third-order valence-electron chi connectivity index (χ3n) is 3.06. The number of hydrogen-bond acceptors (Lipinski definition) is 3. The van der Waals surface area contributed by atoms with Crippen molar-refractivity contribution in [2.75, 3.05) is 20.3 Å². The molecule has 5 heteroatoms. The van der Waals surface area contributed by atoms with Gasteiger partial charge >= 0.3 is 0 Å². The number of nitrogens with zero attached hydrogens (tertiary/aromatic N) is 1. The maximum absolute atomic E-state index is 13.7. The van der Waals surface area contributed by atoms with Crippen LogP contribution in [0.1, 0.15) is 12.5 Å². The van der Waals surface area contributed by atoms with Gasteiger partial charge in [-0.1, -0.05) is 6.07 Å². The van der Waals surface area contributed by atoms with Gasteiger partial charge < -0.3 is 14.4 Å². The number of ether oxygens (including phenoxy) is 2. The first-order chi connectivity index (χ1) is 8.63.